The van der Waals surface area contributed by atoms with Gasteiger partial charge >= 0.3 is 0 Å². The molecule has 1 heterocycles. The molecule has 1 aliphatic heterocycles. The minimum Gasteiger partial charge on any atom is -0.266 e. The molecule has 0 atom stereocenters. The van der Waals surface area contributed by atoms with E-state index < -0.39 is 0 Å². The van der Waals surface area contributed by atoms with Crippen LogP contribution in [0.1, 0.15) is 24.0 Å². The lowest BCUT2D eigenvalue weighted by Crippen LogP contribution is -2.11. The Morgan fingerprint density at radius 3 is 3.00 bits per heavy atom. The summed E-state index contributed by atoms with van der Waals surface area (Å²) in [7, 11) is 0. The van der Waals surface area contributed by atoms with Gasteiger partial charge in [0.1, 0.15) is 0 Å². The Bertz CT molecular complexity index is 428. The molecule has 1 fully saturated rings. The molecule has 2 heteroatoms. The third-order valence-electron chi connectivity index (χ3n) is 2.93. The Morgan fingerprint density at radius 2 is 2.13 bits per heavy atom. The smallest absolute Gasteiger partial charge is 0.154 e. The molecule has 2 nitrogen and oxygen atoms in total. The molecule has 0 amide bonds. The monoisotopic (exact) mass is 198 g/mol. The molecule has 0 bridgehead atoms. The van der Waals surface area contributed by atoms with E-state index in [1.807, 2.05) is 0 Å². The first-order valence-electron chi connectivity index (χ1n) is 5.60. The predicted octanol–water partition coefficient (Wildman–Crippen LogP) is 2.47. The summed E-state index contributed by atoms with van der Waals surface area (Å²) in [4.78, 5) is 9.00. The highest BCUT2D eigenvalue weighted by Crippen LogP contribution is 2.26. The Morgan fingerprint density at radius 1 is 1.27 bits per heavy atom. The van der Waals surface area contributed by atoms with Crippen LogP contribution in [0.5, 0.6) is 0 Å². The molecule has 1 saturated carbocycles. The standard InChI is InChI=1S/C13H14N2/c1-2-4-12-11(3-1)7-8-14-13(12)15-9-10-5-6-10/h1-4,9-10H,5-8H2. The first-order chi connectivity index (χ1) is 7.43. The van der Waals surface area contributed by atoms with Gasteiger partial charge in [-0.05, 0) is 30.7 Å². The maximum absolute atomic E-state index is 4.51. The number of nitrogens with zero attached hydrogens (tertiary/aromatic N) is 2. The van der Waals surface area contributed by atoms with E-state index in [2.05, 4.69) is 40.5 Å². The average Bonchev–Trinajstić information content (AvgIpc) is 3.10. The first-order valence-corrected chi connectivity index (χ1v) is 5.60. The molecule has 1 aliphatic carbocycles. The molecular weight excluding hydrogens is 184 g/mol. The van der Waals surface area contributed by atoms with Crippen molar-refractivity contribution in [3.8, 4) is 0 Å². The predicted molar refractivity (Wildman–Crippen MR) is 62.8 cm³/mol. The number of aliphatic imine (C=N–C) groups is 2. The van der Waals surface area contributed by atoms with Crippen molar-refractivity contribution in [2.75, 3.05) is 6.54 Å². The molecule has 0 radical (unpaired) electrons. The fraction of sp³-hybridized carbons (Fsp3) is 0.385. The van der Waals surface area contributed by atoms with E-state index >= 15 is 0 Å². The maximum Gasteiger partial charge on any atom is 0.154 e. The van der Waals surface area contributed by atoms with Gasteiger partial charge in [0.15, 0.2) is 5.84 Å². The SMILES string of the molecule is C(=NC1=NCCc2ccccc21)C1CC1. The second-order valence-corrected chi connectivity index (χ2v) is 4.23. The summed E-state index contributed by atoms with van der Waals surface area (Å²) in [5.41, 5.74) is 2.61. The zero-order valence-corrected chi connectivity index (χ0v) is 8.69. The molecule has 0 aromatic heterocycles. The zero-order valence-electron chi connectivity index (χ0n) is 8.69. The van der Waals surface area contributed by atoms with Crippen LogP contribution >= 0.6 is 0 Å². The van der Waals surface area contributed by atoms with Crippen molar-refractivity contribution in [1.82, 2.24) is 0 Å². The van der Waals surface area contributed by atoms with Crippen molar-refractivity contribution < 1.29 is 0 Å². The van der Waals surface area contributed by atoms with E-state index in [4.69, 9.17) is 0 Å². The van der Waals surface area contributed by atoms with Crippen molar-refractivity contribution >= 4 is 12.1 Å². The first kappa shape index (κ1) is 8.84. The van der Waals surface area contributed by atoms with Crippen LogP contribution in [-0.2, 0) is 6.42 Å². The summed E-state index contributed by atoms with van der Waals surface area (Å²) in [6, 6.07) is 8.45. The number of hydrogen-bond acceptors (Lipinski definition) is 2. The van der Waals surface area contributed by atoms with Crippen molar-refractivity contribution in [3.05, 3.63) is 35.4 Å². The summed E-state index contributed by atoms with van der Waals surface area (Å²) < 4.78 is 0. The van der Waals surface area contributed by atoms with Crippen LogP contribution in [0.15, 0.2) is 34.3 Å². The van der Waals surface area contributed by atoms with Gasteiger partial charge in [0.05, 0.1) is 0 Å². The summed E-state index contributed by atoms with van der Waals surface area (Å²) in [5.74, 6) is 1.66. The fourth-order valence-electron chi connectivity index (χ4n) is 1.86. The molecule has 0 N–H and O–H groups in total. The van der Waals surface area contributed by atoms with E-state index in [0.717, 1.165) is 24.7 Å². The summed E-state index contributed by atoms with van der Waals surface area (Å²) >= 11 is 0. The molecule has 1 aromatic carbocycles. The van der Waals surface area contributed by atoms with Gasteiger partial charge in [0.25, 0.3) is 0 Å². The summed E-state index contributed by atoms with van der Waals surface area (Å²) in [6.45, 7) is 0.883. The Hall–Kier alpha value is -1.44. The van der Waals surface area contributed by atoms with Crippen molar-refractivity contribution in [3.63, 3.8) is 0 Å². The molecule has 0 spiro atoms. The number of benzene rings is 1. The lowest BCUT2D eigenvalue weighted by atomic mass is 10.0. The van der Waals surface area contributed by atoms with Gasteiger partial charge in [-0.2, -0.15) is 0 Å². The molecular formula is C13H14N2. The molecule has 0 unspecified atom stereocenters. The van der Waals surface area contributed by atoms with Gasteiger partial charge in [0.2, 0.25) is 0 Å². The zero-order chi connectivity index (χ0) is 10.1. The quantitative estimate of drug-likeness (QED) is 0.619. The number of fused-ring (bicyclic) bond motifs is 1. The van der Waals surface area contributed by atoms with Crippen LogP contribution < -0.4 is 0 Å². The summed E-state index contributed by atoms with van der Waals surface area (Å²) in [6.07, 6.45) is 5.73. The third kappa shape index (κ3) is 1.84. The lowest BCUT2D eigenvalue weighted by molar-refractivity contribution is 0.939. The van der Waals surface area contributed by atoms with Crippen molar-refractivity contribution in [2.45, 2.75) is 19.3 Å². The van der Waals surface area contributed by atoms with Crippen molar-refractivity contribution in [1.29, 1.82) is 0 Å². The minimum atomic E-state index is 0.724. The van der Waals surface area contributed by atoms with Crippen LogP contribution in [-0.4, -0.2) is 18.6 Å². The Kier molecular flexibility index (Phi) is 2.13. The second-order valence-electron chi connectivity index (χ2n) is 4.23. The lowest BCUT2D eigenvalue weighted by Gasteiger charge is -2.13. The molecule has 2 aliphatic rings. The maximum atomic E-state index is 4.51. The molecule has 1 aromatic rings. The number of rotatable bonds is 1. The van der Waals surface area contributed by atoms with Gasteiger partial charge < -0.3 is 0 Å². The van der Waals surface area contributed by atoms with Crippen molar-refractivity contribution in [2.24, 2.45) is 15.9 Å². The number of hydrogen-bond donors (Lipinski definition) is 0. The van der Waals surface area contributed by atoms with E-state index in [1.165, 1.54) is 24.0 Å². The van der Waals surface area contributed by atoms with Gasteiger partial charge in [-0.15, -0.1) is 0 Å². The van der Waals surface area contributed by atoms with Crippen LogP contribution in [0.4, 0.5) is 0 Å². The Balaban J connectivity index is 1.91. The van der Waals surface area contributed by atoms with Gasteiger partial charge in [0, 0.05) is 18.3 Å². The molecule has 0 saturated heterocycles. The topological polar surface area (TPSA) is 24.7 Å². The fourth-order valence-corrected chi connectivity index (χ4v) is 1.86. The van der Waals surface area contributed by atoms with Crippen LogP contribution in [0.25, 0.3) is 0 Å². The second kappa shape index (κ2) is 3.61. The average molecular weight is 198 g/mol. The van der Waals surface area contributed by atoms with Crippen LogP contribution in [0, 0.1) is 5.92 Å². The van der Waals surface area contributed by atoms with Gasteiger partial charge in [-0.1, -0.05) is 24.3 Å². The van der Waals surface area contributed by atoms with Crippen LogP contribution in [0.2, 0.25) is 0 Å². The third-order valence-corrected chi connectivity index (χ3v) is 2.93. The van der Waals surface area contributed by atoms with Crippen LogP contribution in [0.3, 0.4) is 0 Å². The van der Waals surface area contributed by atoms with Gasteiger partial charge in [-0.25, -0.2) is 4.99 Å². The highest BCUT2D eigenvalue weighted by molar-refractivity contribution is 6.05. The molecule has 3 rings (SSSR count). The highest BCUT2D eigenvalue weighted by atomic mass is 14.9. The van der Waals surface area contributed by atoms with E-state index in [0.29, 0.717) is 0 Å². The molecule has 15 heavy (non-hydrogen) atoms. The minimum absolute atomic E-state index is 0.724. The van der Waals surface area contributed by atoms with E-state index in [1.54, 1.807) is 0 Å². The van der Waals surface area contributed by atoms with E-state index in [9.17, 15) is 0 Å². The van der Waals surface area contributed by atoms with Gasteiger partial charge in [-0.3, -0.25) is 4.99 Å². The summed E-state index contributed by atoms with van der Waals surface area (Å²) in [5, 5.41) is 0. The number of amidine groups is 1. The highest BCUT2D eigenvalue weighted by Gasteiger charge is 2.19. The molecule has 76 valence electrons. The van der Waals surface area contributed by atoms with E-state index in [-0.39, 0.29) is 0 Å². The largest absolute Gasteiger partial charge is 0.266 e. The Labute approximate surface area is 89.8 Å². The normalized spacial score (nSPS) is 20.1.